The van der Waals surface area contributed by atoms with E-state index in [1.54, 1.807) is 19.1 Å². The van der Waals surface area contributed by atoms with Crippen LogP contribution in [0.5, 0.6) is 11.5 Å². The molecule has 1 aliphatic heterocycles. The molecule has 0 spiro atoms. The topological polar surface area (TPSA) is 67.9 Å². The standard InChI is InChI=1S/C28H30N2O4/c1-19(20-7-5-4-6-8-20)29-28(32)25-17-18-26(31)30(22-11-15-24(34-3)16-12-22)27(25)21-9-13-23(33-2)14-10-21/h4-16,19,25,27H,17-18H2,1-3H3,(H,29,32). The lowest BCUT2D eigenvalue weighted by molar-refractivity contribution is -0.129. The van der Waals surface area contributed by atoms with E-state index >= 15 is 0 Å². The maximum Gasteiger partial charge on any atom is 0.227 e. The van der Waals surface area contributed by atoms with E-state index in [1.165, 1.54) is 0 Å². The van der Waals surface area contributed by atoms with E-state index in [0.717, 1.165) is 22.6 Å². The van der Waals surface area contributed by atoms with Crippen LogP contribution in [0.1, 0.15) is 43.0 Å². The summed E-state index contributed by atoms with van der Waals surface area (Å²) in [4.78, 5) is 28.5. The van der Waals surface area contributed by atoms with E-state index in [-0.39, 0.29) is 17.9 Å². The fourth-order valence-corrected chi connectivity index (χ4v) is 4.54. The zero-order chi connectivity index (χ0) is 24.1. The highest BCUT2D eigenvalue weighted by molar-refractivity contribution is 5.97. The summed E-state index contributed by atoms with van der Waals surface area (Å²) >= 11 is 0. The lowest BCUT2D eigenvalue weighted by Crippen LogP contribution is -2.48. The van der Waals surface area contributed by atoms with Crippen LogP contribution < -0.4 is 19.7 Å². The van der Waals surface area contributed by atoms with Gasteiger partial charge in [0, 0.05) is 12.1 Å². The van der Waals surface area contributed by atoms with Crippen LogP contribution in [0.15, 0.2) is 78.9 Å². The maximum absolute atomic E-state index is 13.6. The number of carbonyl (C=O) groups excluding carboxylic acids is 2. The number of carbonyl (C=O) groups is 2. The third-order valence-corrected chi connectivity index (χ3v) is 6.40. The number of hydrogen-bond donors (Lipinski definition) is 1. The summed E-state index contributed by atoms with van der Waals surface area (Å²) in [5.41, 5.74) is 2.66. The van der Waals surface area contributed by atoms with E-state index in [0.29, 0.717) is 18.6 Å². The summed E-state index contributed by atoms with van der Waals surface area (Å²) in [6, 6.07) is 24.3. The van der Waals surface area contributed by atoms with E-state index in [2.05, 4.69) is 5.32 Å². The summed E-state index contributed by atoms with van der Waals surface area (Å²) in [6.45, 7) is 1.98. The Kier molecular flexibility index (Phi) is 7.16. The molecular weight excluding hydrogens is 428 g/mol. The van der Waals surface area contributed by atoms with Crippen molar-refractivity contribution in [3.8, 4) is 11.5 Å². The van der Waals surface area contributed by atoms with Crippen LogP contribution in [0.25, 0.3) is 0 Å². The predicted octanol–water partition coefficient (Wildman–Crippen LogP) is 5.07. The predicted molar refractivity (Wildman–Crippen MR) is 132 cm³/mol. The van der Waals surface area contributed by atoms with Gasteiger partial charge in [0.15, 0.2) is 0 Å². The Balaban J connectivity index is 1.69. The highest BCUT2D eigenvalue weighted by atomic mass is 16.5. The molecule has 0 aromatic heterocycles. The van der Waals surface area contributed by atoms with Gasteiger partial charge in [-0.25, -0.2) is 0 Å². The number of piperidine rings is 1. The molecule has 3 unspecified atom stereocenters. The lowest BCUT2D eigenvalue weighted by atomic mass is 9.83. The van der Waals surface area contributed by atoms with Crippen molar-refractivity contribution in [3.05, 3.63) is 90.0 Å². The van der Waals surface area contributed by atoms with Crippen molar-refractivity contribution in [1.82, 2.24) is 5.32 Å². The lowest BCUT2D eigenvalue weighted by Gasteiger charge is -2.41. The van der Waals surface area contributed by atoms with E-state index in [4.69, 9.17) is 9.47 Å². The molecule has 0 radical (unpaired) electrons. The Bertz CT molecular complexity index is 1110. The van der Waals surface area contributed by atoms with Crippen LogP contribution in [-0.4, -0.2) is 26.0 Å². The normalized spacial score (nSPS) is 18.8. The fourth-order valence-electron chi connectivity index (χ4n) is 4.54. The second kappa shape index (κ2) is 10.4. The number of rotatable bonds is 7. The SMILES string of the molecule is COc1ccc(C2C(C(=O)NC(C)c3ccccc3)CCC(=O)N2c2ccc(OC)cc2)cc1. The van der Waals surface area contributed by atoms with E-state index in [1.807, 2.05) is 85.8 Å². The number of hydrogen-bond acceptors (Lipinski definition) is 4. The van der Waals surface area contributed by atoms with E-state index < -0.39 is 12.0 Å². The number of anilines is 1. The molecular formula is C28H30N2O4. The zero-order valence-corrected chi connectivity index (χ0v) is 19.7. The number of methoxy groups -OCH3 is 2. The van der Waals surface area contributed by atoms with Crippen LogP contribution >= 0.6 is 0 Å². The minimum atomic E-state index is -0.441. The van der Waals surface area contributed by atoms with Crippen molar-refractivity contribution in [2.45, 2.75) is 31.8 Å². The third kappa shape index (κ3) is 4.91. The Morgan fingerprint density at radius 2 is 1.50 bits per heavy atom. The molecule has 1 aliphatic rings. The van der Waals surface area contributed by atoms with Gasteiger partial charge in [-0.15, -0.1) is 0 Å². The first kappa shape index (κ1) is 23.4. The molecule has 3 atom stereocenters. The molecule has 1 fully saturated rings. The summed E-state index contributed by atoms with van der Waals surface area (Å²) in [5, 5.41) is 3.17. The number of nitrogens with zero attached hydrogens (tertiary/aromatic N) is 1. The van der Waals surface area contributed by atoms with Crippen LogP contribution in [0, 0.1) is 5.92 Å². The highest BCUT2D eigenvalue weighted by Crippen LogP contribution is 2.41. The summed E-state index contributed by atoms with van der Waals surface area (Å²) in [6.07, 6.45) is 0.784. The summed E-state index contributed by atoms with van der Waals surface area (Å²) in [5.74, 6) is 0.953. The maximum atomic E-state index is 13.6. The Morgan fingerprint density at radius 3 is 2.09 bits per heavy atom. The molecule has 1 heterocycles. The third-order valence-electron chi connectivity index (χ3n) is 6.40. The van der Waals surface area contributed by atoms with Crippen molar-refractivity contribution < 1.29 is 19.1 Å². The molecule has 2 amide bonds. The van der Waals surface area contributed by atoms with Crippen molar-refractivity contribution in [3.63, 3.8) is 0 Å². The van der Waals surface area contributed by atoms with Gasteiger partial charge >= 0.3 is 0 Å². The monoisotopic (exact) mass is 458 g/mol. The number of benzene rings is 3. The Labute approximate surface area is 200 Å². The fraction of sp³-hybridized carbons (Fsp3) is 0.286. The molecule has 0 aliphatic carbocycles. The molecule has 0 saturated carbocycles. The second-order valence-corrected chi connectivity index (χ2v) is 8.47. The zero-order valence-electron chi connectivity index (χ0n) is 19.7. The van der Waals surface area contributed by atoms with Gasteiger partial charge in [0.2, 0.25) is 11.8 Å². The number of nitrogens with one attached hydrogen (secondary N) is 1. The number of ether oxygens (including phenoxy) is 2. The molecule has 3 aromatic carbocycles. The van der Waals surface area contributed by atoms with Crippen molar-refractivity contribution in [1.29, 1.82) is 0 Å². The first-order valence-corrected chi connectivity index (χ1v) is 11.5. The van der Waals surface area contributed by atoms with Gasteiger partial charge in [-0.2, -0.15) is 0 Å². The highest BCUT2D eigenvalue weighted by Gasteiger charge is 2.41. The molecule has 6 nitrogen and oxygen atoms in total. The molecule has 0 bridgehead atoms. The minimum absolute atomic E-state index is 0.00820. The van der Waals surface area contributed by atoms with Gasteiger partial charge in [-0.1, -0.05) is 42.5 Å². The largest absolute Gasteiger partial charge is 0.497 e. The average molecular weight is 459 g/mol. The van der Waals surface area contributed by atoms with Gasteiger partial charge in [0.25, 0.3) is 0 Å². The van der Waals surface area contributed by atoms with Crippen LogP contribution in [0.4, 0.5) is 5.69 Å². The molecule has 1 saturated heterocycles. The Hall–Kier alpha value is -3.80. The Morgan fingerprint density at radius 1 is 0.912 bits per heavy atom. The average Bonchev–Trinajstić information content (AvgIpc) is 2.89. The van der Waals surface area contributed by atoms with E-state index in [9.17, 15) is 9.59 Å². The smallest absolute Gasteiger partial charge is 0.227 e. The van der Waals surface area contributed by atoms with Gasteiger partial charge in [-0.05, 0) is 60.9 Å². The molecule has 6 heteroatoms. The van der Waals surface area contributed by atoms with Crippen LogP contribution in [-0.2, 0) is 9.59 Å². The molecule has 1 N–H and O–H groups in total. The minimum Gasteiger partial charge on any atom is -0.497 e. The molecule has 3 aromatic rings. The first-order valence-electron chi connectivity index (χ1n) is 11.5. The van der Waals surface area contributed by atoms with Crippen molar-refractivity contribution in [2.24, 2.45) is 5.92 Å². The number of amides is 2. The second-order valence-electron chi connectivity index (χ2n) is 8.47. The summed E-state index contributed by atoms with van der Waals surface area (Å²) < 4.78 is 10.6. The first-order chi connectivity index (χ1) is 16.5. The molecule has 34 heavy (non-hydrogen) atoms. The van der Waals surface area contributed by atoms with Gasteiger partial charge in [-0.3, -0.25) is 9.59 Å². The van der Waals surface area contributed by atoms with Crippen molar-refractivity contribution >= 4 is 17.5 Å². The molecule has 4 rings (SSSR count). The van der Waals surface area contributed by atoms with Gasteiger partial charge < -0.3 is 19.7 Å². The summed E-state index contributed by atoms with van der Waals surface area (Å²) in [7, 11) is 3.22. The van der Waals surface area contributed by atoms with Gasteiger partial charge in [0.1, 0.15) is 11.5 Å². The quantitative estimate of drug-likeness (QED) is 0.537. The molecule has 176 valence electrons. The van der Waals surface area contributed by atoms with Gasteiger partial charge in [0.05, 0.1) is 32.2 Å². The van der Waals surface area contributed by atoms with Crippen LogP contribution in [0.2, 0.25) is 0 Å². The van der Waals surface area contributed by atoms with Crippen molar-refractivity contribution in [2.75, 3.05) is 19.1 Å². The van der Waals surface area contributed by atoms with Crippen LogP contribution in [0.3, 0.4) is 0 Å².